The number of carbonyl (C=O) groups excluding carboxylic acids is 1. The van der Waals surface area contributed by atoms with Crippen LogP contribution in [0.1, 0.15) is 30.4 Å². The number of hydrogen-bond acceptors (Lipinski definition) is 2. The molecule has 0 aromatic heterocycles. The van der Waals surface area contributed by atoms with E-state index in [1.54, 1.807) is 17.0 Å². The van der Waals surface area contributed by atoms with E-state index in [9.17, 15) is 18.0 Å². The third kappa shape index (κ3) is 4.96. The topological polar surface area (TPSA) is 29.5 Å². The Morgan fingerprint density at radius 2 is 2.09 bits per heavy atom. The van der Waals surface area contributed by atoms with Crippen molar-refractivity contribution < 1.29 is 22.7 Å². The smallest absolute Gasteiger partial charge is 0.375 e. The number of benzene rings is 1. The van der Waals surface area contributed by atoms with Crippen LogP contribution in [0, 0.1) is 5.92 Å². The summed E-state index contributed by atoms with van der Waals surface area (Å²) in [6, 6.07) is 5.72. The van der Waals surface area contributed by atoms with Crippen molar-refractivity contribution in [2.45, 2.75) is 31.9 Å². The van der Waals surface area contributed by atoms with E-state index in [2.05, 4.69) is 0 Å². The van der Waals surface area contributed by atoms with Gasteiger partial charge < -0.3 is 9.64 Å². The summed E-state index contributed by atoms with van der Waals surface area (Å²) < 4.78 is 43.9. The first-order valence-corrected chi connectivity index (χ1v) is 7.83. The van der Waals surface area contributed by atoms with E-state index in [1.165, 1.54) is 13.2 Å². The van der Waals surface area contributed by atoms with Gasteiger partial charge in [-0.1, -0.05) is 18.2 Å². The van der Waals surface area contributed by atoms with Gasteiger partial charge in [-0.05, 0) is 43.2 Å². The molecule has 1 aromatic rings. The molecule has 128 valence electrons. The first-order chi connectivity index (χ1) is 10.9. The Morgan fingerprint density at radius 1 is 1.35 bits per heavy atom. The SMILES string of the molecule is COCC(=O)N1CCCC(CCc2ccccc2C(F)(F)F)C1. The second-order valence-electron chi connectivity index (χ2n) is 5.97. The monoisotopic (exact) mass is 329 g/mol. The van der Waals surface area contributed by atoms with Crippen molar-refractivity contribution in [3.63, 3.8) is 0 Å². The van der Waals surface area contributed by atoms with Gasteiger partial charge in [-0.25, -0.2) is 0 Å². The number of halogens is 3. The number of rotatable bonds is 5. The molecule has 1 aromatic carbocycles. The minimum Gasteiger partial charge on any atom is -0.375 e. The predicted molar refractivity (Wildman–Crippen MR) is 80.9 cm³/mol. The zero-order chi connectivity index (χ0) is 16.9. The lowest BCUT2D eigenvalue weighted by Gasteiger charge is -2.33. The molecular formula is C17H22F3NO2. The van der Waals surface area contributed by atoms with Gasteiger partial charge in [0.1, 0.15) is 6.61 Å². The van der Waals surface area contributed by atoms with Gasteiger partial charge in [0.2, 0.25) is 5.91 Å². The molecule has 0 saturated carbocycles. The highest BCUT2D eigenvalue weighted by Crippen LogP contribution is 2.33. The molecule has 0 spiro atoms. The van der Waals surface area contributed by atoms with Gasteiger partial charge in [0.15, 0.2) is 0 Å². The highest BCUT2D eigenvalue weighted by molar-refractivity contribution is 5.77. The molecule has 1 amide bonds. The second-order valence-corrected chi connectivity index (χ2v) is 5.97. The van der Waals surface area contributed by atoms with Crippen LogP contribution < -0.4 is 0 Å². The number of methoxy groups -OCH3 is 1. The van der Waals surface area contributed by atoms with Crippen molar-refractivity contribution in [3.05, 3.63) is 35.4 Å². The number of aryl methyl sites for hydroxylation is 1. The molecule has 1 aliphatic heterocycles. The molecule has 1 unspecified atom stereocenters. The van der Waals surface area contributed by atoms with E-state index >= 15 is 0 Å². The highest BCUT2D eigenvalue weighted by atomic mass is 19.4. The molecule has 0 aliphatic carbocycles. The van der Waals surface area contributed by atoms with E-state index in [-0.39, 0.29) is 18.4 Å². The Bertz CT molecular complexity index is 531. The fourth-order valence-electron chi connectivity index (χ4n) is 3.12. The molecule has 0 N–H and O–H groups in total. The molecule has 1 aliphatic rings. The van der Waals surface area contributed by atoms with E-state index in [4.69, 9.17) is 4.74 Å². The number of hydrogen-bond donors (Lipinski definition) is 0. The largest absolute Gasteiger partial charge is 0.416 e. The van der Waals surface area contributed by atoms with E-state index in [0.717, 1.165) is 18.9 Å². The Labute approximate surface area is 134 Å². The minimum atomic E-state index is -4.32. The van der Waals surface area contributed by atoms with Gasteiger partial charge in [0, 0.05) is 20.2 Å². The first kappa shape index (κ1) is 17.8. The summed E-state index contributed by atoms with van der Waals surface area (Å²) in [6.45, 7) is 1.37. The average Bonchev–Trinajstić information content (AvgIpc) is 2.53. The van der Waals surface area contributed by atoms with Gasteiger partial charge in [-0.2, -0.15) is 13.2 Å². The predicted octanol–water partition coefficient (Wildman–Crippen LogP) is 3.52. The number of ether oxygens (including phenoxy) is 1. The van der Waals surface area contributed by atoms with Crippen molar-refractivity contribution in [2.24, 2.45) is 5.92 Å². The summed E-state index contributed by atoms with van der Waals surface area (Å²) in [4.78, 5) is 13.6. The number of carbonyl (C=O) groups is 1. The van der Waals surface area contributed by atoms with Crippen molar-refractivity contribution >= 4 is 5.91 Å². The molecular weight excluding hydrogens is 307 g/mol. The maximum atomic E-state index is 13.0. The summed E-state index contributed by atoms with van der Waals surface area (Å²) >= 11 is 0. The number of amides is 1. The van der Waals surface area contributed by atoms with Crippen molar-refractivity contribution in [1.82, 2.24) is 4.90 Å². The zero-order valence-corrected chi connectivity index (χ0v) is 13.2. The van der Waals surface area contributed by atoms with E-state index in [1.807, 2.05) is 0 Å². The molecule has 1 heterocycles. The van der Waals surface area contributed by atoms with Crippen LogP contribution in [0.2, 0.25) is 0 Å². The maximum Gasteiger partial charge on any atom is 0.416 e. The third-order valence-electron chi connectivity index (χ3n) is 4.28. The summed E-state index contributed by atoms with van der Waals surface area (Å²) in [5, 5.41) is 0. The maximum absolute atomic E-state index is 13.0. The number of nitrogens with zero attached hydrogens (tertiary/aromatic N) is 1. The summed E-state index contributed by atoms with van der Waals surface area (Å²) in [6.07, 6.45) is -1.44. The first-order valence-electron chi connectivity index (χ1n) is 7.83. The summed E-state index contributed by atoms with van der Waals surface area (Å²) in [5.74, 6) is 0.193. The van der Waals surface area contributed by atoms with Crippen LogP contribution in [-0.2, 0) is 22.1 Å². The second kappa shape index (κ2) is 7.81. The molecule has 1 atom stereocenters. The lowest BCUT2D eigenvalue weighted by atomic mass is 9.90. The number of likely N-dealkylation sites (tertiary alicyclic amines) is 1. The van der Waals surface area contributed by atoms with Crippen molar-refractivity contribution in [2.75, 3.05) is 26.8 Å². The molecule has 1 fully saturated rings. The van der Waals surface area contributed by atoms with Crippen LogP contribution in [0.4, 0.5) is 13.2 Å². The third-order valence-corrected chi connectivity index (χ3v) is 4.28. The fourth-order valence-corrected chi connectivity index (χ4v) is 3.12. The molecule has 0 radical (unpaired) electrons. The van der Waals surface area contributed by atoms with Gasteiger partial charge in [0.25, 0.3) is 0 Å². The fraction of sp³-hybridized carbons (Fsp3) is 0.588. The average molecular weight is 329 g/mol. The summed E-state index contributed by atoms with van der Waals surface area (Å²) in [5.41, 5.74) is -0.219. The Hall–Kier alpha value is -1.56. The lowest BCUT2D eigenvalue weighted by Crippen LogP contribution is -2.41. The molecule has 6 heteroatoms. The zero-order valence-electron chi connectivity index (χ0n) is 13.2. The number of piperidine rings is 1. The molecule has 1 saturated heterocycles. The van der Waals surface area contributed by atoms with Gasteiger partial charge in [-0.3, -0.25) is 4.79 Å². The Kier molecular flexibility index (Phi) is 6.04. The molecule has 3 nitrogen and oxygen atoms in total. The van der Waals surface area contributed by atoms with Crippen LogP contribution in [0.3, 0.4) is 0 Å². The molecule has 2 rings (SSSR count). The van der Waals surface area contributed by atoms with Crippen LogP contribution in [0.15, 0.2) is 24.3 Å². The standard InChI is InChI=1S/C17H22F3NO2/c1-23-12-16(22)21-10-4-5-13(11-21)8-9-14-6-2-3-7-15(14)17(18,19)20/h2-3,6-7,13H,4-5,8-12H2,1H3. The minimum absolute atomic E-state index is 0.0482. The van der Waals surface area contributed by atoms with Crippen LogP contribution in [0.5, 0.6) is 0 Å². The van der Waals surface area contributed by atoms with Crippen molar-refractivity contribution in [3.8, 4) is 0 Å². The lowest BCUT2D eigenvalue weighted by molar-refractivity contribution is -0.138. The Balaban J connectivity index is 1.95. The van der Waals surface area contributed by atoms with E-state index in [0.29, 0.717) is 31.5 Å². The quantitative estimate of drug-likeness (QED) is 0.827. The van der Waals surface area contributed by atoms with Gasteiger partial charge in [0.05, 0.1) is 5.56 Å². The van der Waals surface area contributed by atoms with Crippen LogP contribution in [-0.4, -0.2) is 37.6 Å². The van der Waals surface area contributed by atoms with Crippen LogP contribution >= 0.6 is 0 Å². The Morgan fingerprint density at radius 3 is 2.78 bits per heavy atom. The van der Waals surface area contributed by atoms with Crippen LogP contribution in [0.25, 0.3) is 0 Å². The molecule has 0 bridgehead atoms. The van der Waals surface area contributed by atoms with Crippen molar-refractivity contribution in [1.29, 1.82) is 0 Å². The highest BCUT2D eigenvalue weighted by Gasteiger charge is 2.33. The number of alkyl halides is 3. The van der Waals surface area contributed by atoms with E-state index < -0.39 is 11.7 Å². The normalized spacial score (nSPS) is 19.0. The van der Waals surface area contributed by atoms with Gasteiger partial charge >= 0.3 is 6.18 Å². The molecule has 23 heavy (non-hydrogen) atoms. The van der Waals surface area contributed by atoms with Gasteiger partial charge in [-0.15, -0.1) is 0 Å². The summed E-state index contributed by atoms with van der Waals surface area (Å²) in [7, 11) is 1.48.